The number of nitrogens with zero attached hydrogens (tertiary/aromatic N) is 2. The molecule has 0 aromatic carbocycles. The summed E-state index contributed by atoms with van der Waals surface area (Å²) >= 11 is 0. The van der Waals surface area contributed by atoms with Crippen LogP contribution < -0.4 is 10.1 Å². The van der Waals surface area contributed by atoms with E-state index in [0.717, 1.165) is 31.6 Å². The molecule has 1 saturated carbocycles. The summed E-state index contributed by atoms with van der Waals surface area (Å²) in [5.74, 6) is 0.631. The number of piperidine rings is 1. The first kappa shape index (κ1) is 17.2. The second-order valence-electron chi connectivity index (χ2n) is 7.55. The van der Waals surface area contributed by atoms with Crippen molar-refractivity contribution < 1.29 is 9.53 Å². The van der Waals surface area contributed by atoms with E-state index >= 15 is 0 Å². The normalized spacial score (nSPS) is 20.8. The number of aryl methyl sites for hydroxylation is 1. The highest BCUT2D eigenvalue weighted by Crippen LogP contribution is 2.43. The predicted octanol–water partition coefficient (Wildman–Crippen LogP) is 2.78. The van der Waals surface area contributed by atoms with Gasteiger partial charge in [0.2, 0.25) is 5.88 Å². The second-order valence-corrected chi connectivity index (χ2v) is 7.55. The highest BCUT2D eigenvalue weighted by Gasteiger charge is 2.36. The fourth-order valence-electron chi connectivity index (χ4n) is 4.02. The van der Waals surface area contributed by atoms with Crippen LogP contribution in [0.5, 0.6) is 5.88 Å². The molecule has 24 heavy (non-hydrogen) atoms. The molecular formula is C19H29N3O2. The molecule has 5 nitrogen and oxygen atoms in total. The van der Waals surface area contributed by atoms with Gasteiger partial charge in [0.1, 0.15) is 6.10 Å². The van der Waals surface area contributed by atoms with E-state index < -0.39 is 0 Å². The van der Waals surface area contributed by atoms with Crippen LogP contribution in [-0.2, 0) is 0 Å². The third-order valence-electron chi connectivity index (χ3n) is 5.64. The maximum atomic E-state index is 12.1. The minimum absolute atomic E-state index is 0.0166. The van der Waals surface area contributed by atoms with E-state index in [1.54, 1.807) is 19.0 Å². The van der Waals surface area contributed by atoms with Crippen LogP contribution in [0.3, 0.4) is 0 Å². The number of ether oxygens (including phenoxy) is 1. The van der Waals surface area contributed by atoms with Crippen LogP contribution >= 0.6 is 0 Å². The predicted molar refractivity (Wildman–Crippen MR) is 94.4 cm³/mol. The maximum Gasteiger partial charge on any atom is 0.255 e. The molecule has 5 heteroatoms. The summed E-state index contributed by atoms with van der Waals surface area (Å²) in [6.45, 7) is 4.19. The molecule has 132 valence electrons. The smallest absolute Gasteiger partial charge is 0.255 e. The largest absolute Gasteiger partial charge is 0.474 e. The van der Waals surface area contributed by atoms with Gasteiger partial charge in [0.25, 0.3) is 5.91 Å². The summed E-state index contributed by atoms with van der Waals surface area (Å²) in [6, 6.07) is 3.66. The lowest BCUT2D eigenvalue weighted by molar-refractivity contribution is 0.0547. The van der Waals surface area contributed by atoms with Crippen molar-refractivity contribution in [2.45, 2.75) is 51.6 Å². The Morgan fingerprint density at radius 2 is 1.88 bits per heavy atom. The molecule has 1 aromatic heterocycles. The summed E-state index contributed by atoms with van der Waals surface area (Å²) in [6.07, 6.45) is 7.60. The van der Waals surface area contributed by atoms with Crippen molar-refractivity contribution in [2.75, 3.05) is 27.2 Å². The summed E-state index contributed by atoms with van der Waals surface area (Å²) in [5.41, 5.74) is 1.93. The van der Waals surface area contributed by atoms with Crippen molar-refractivity contribution >= 4 is 5.91 Å². The number of nitrogens with one attached hydrogen (secondary N) is 1. The fraction of sp³-hybridized carbons (Fsp3) is 0.684. The van der Waals surface area contributed by atoms with Crippen LogP contribution in [0.15, 0.2) is 12.1 Å². The van der Waals surface area contributed by atoms with E-state index in [2.05, 4.69) is 10.3 Å². The highest BCUT2D eigenvalue weighted by molar-refractivity contribution is 5.94. The molecule has 2 aliphatic rings. The van der Waals surface area contributed by atoms with Gasteiger partial charge in [-0.3, -0.25) is 4.79 Å². The summed E-state index contributed by atoms with van der Waals surface area (Å²) in [4.78, 5) is 18.1. The average molecular weight is 331 g/mol. The Morgan fingerprint density at radius 3 is 2.46 bits per heavy atom. The number of carbonyl (C=O) groups excluding carboxylic acids is 1. The Morgan fingerprint density at radius 1 is 1.21 bits per heavy atom. The SMILES string of the molecule is Cc1nc(OC2CCC3(CCNCC3)CC2)ccc1C(=O)N(C)C. The minimum Gasteiger partial charge on any atom is -0.474 e. The van der Waals surface area contributed by atoms with Crippen molar-refractivity contribution in [3.63, 3.8) is 0 Å². The molecule has 2 fully saturated rings. The second kappa shape index (κ2) is 7.09. The maximum absolute atomic E-state index is 12.1. The summed E-state index contributed by atoms with van der Waals surface area (Å²) < 4.78 is 6.11. The molecule has 3 rings (SSSR count). The Balaban J connectivity index is 1.59. The van der Waals surface area contributed by atoms with E-state index in [1.165, 1.54) is 25.7 Å². The average Bonchev–Trinajstić information content (AvgIpc) is 2.57. The molecule has 0 unspecified atom stereocenters. The molecule has 1 aromatic rings. The quantitative estimate of drug-likeness (QED) is 0.925. The molecule has 1 N–H and O–H groups in total. The zero-order valence-electron chi connectivity index (χ0n) is 15.1. The molecule has 0 atom stereocenters. The molecule has 0 bridgehead atoms. The molecule has 0 radical (unpaired) electrons. The number of carbonyl (C=O) groups is 1. The molecular weight excluding hydrogens is 302 g/mol. The van der Waals surface area contributed by atoms with E-state index in [4.69, 9.17) is 4.74 Å². The van der Waals surface area contributed by atoms with Crippen molar-refractivity contribution in [1.82, 2.24) is 15.2 Å². The lowest BCUT2D eigenvalue weighted by atomic mass is 9.68. The van der Waals surface area contributed by atoms with E-state index in [-0.39, 0.29) is 12.0 Å². The van der Waals surface area contributed by atoms with Crippen LogP contribution in [-0.4, -0.2) is 49.1 Å². The van der Waals surface area contributed by atoms with Gasteiger partial charge in [-0.25, -0.2) is 4.98 Å². The van der Waals surface area contributed by atoms with Crippen LogP contribution in [0.1, 0.15) is 54.6 Å². The van der Waals surface area contributed by atoms with Crippen LogP contribution in [0.4, 0.5) is 0 Å². The van der Waals surface area contributed by atoms with Gasteiger partial charge in [0.15, 0.2) is 0 Å². The molecule has 1 saturated heterocycles. The lowest BCUT2D eigenvalue weighted by Crippen LogP contribution is -2.41. The van der Waals surface area contributed by atoms with Gasteiger partial charge in [-0.15, -0.1) is 0 Å². The van der Waals surface area contributed by atoms with E-state index in [9.17, 15) is 4.79 Å². The number of aromatic nitrogens is 1. The standard InChI is InChI=1S/C19H29N3O2/c1-14-16(18(23)22(2)3)4-5-17(21-14)24-15-6-8-19(9-7-15)10-12-20-13-11-19/h4-5,15,20H,6-13H2,1-3H3. The van der Waals surface area contributed by atoms with E-state index in [0.29, 0.717) is 16.9 Å². The first-order valence-electron chi connectivity index (χ1n) is 9.06. The Hall–Kier alpha value is -1.62. The molecule has 1 aliphatic heterocycles. The zero-order valence-corrected chi connectivity index (χ0v) is 15.1. The molecule has 1 amide bonds. The topological polar surface area (TPSA) is 54.5 Å². The first-order valence-corrected chi connectivity index (χ1v) is 9.06. The van der Waals surface area contributed by atoms with Gasteiger partial charge in [0, 0.05) is 20.2 Å². The van der Waals surface area contributed by atoms with Crippen molar-refractivity contribution in [1.29, 1.82) is 0 Å². The Bertz CT molecular complexity index is 584. The van der Waals surface area contributed by atoms with Crippen molar-refractivity contribution in [3.05, 3.63) is 23.4 Å². The third kappa shape index (κ3) is 3.72. The Kier molecular flexibility index (Phi) is 5.09. The zero-order chi connectivity index (χ0) is 17.2. The van der Waals surface area contributed by atoms with Gasteiger partial charge in [-0.05, 0) is 70.0 Å². The molecule has 1 aliphatic carbocycles. The van der Waals surface area contributed by atoms with Crippen LogP contribution in [0.25, 0.3) is 0 Å². The first-order chi connectivity index (χ1) is 11.5. The number of rotatable bonds is 3. The van der Waals surface area contributed by atoms with Gasteiger partial charge >= 0.3 is 0 Å². The lowest BCUT2D eigenvalue weighted by Gasteiger charge is -2.43. The number of pyridine rings is 1. The van der Waals surface area contributed by atoms with Crippen molar-refractivity contribution in [2.24, 2.45) is 5.41 Å². The van der Waals surface area contributed by atoms with Gasteiger partial charge in [-0.1, -0.05) is 0 Å². The number of hydrogen-bond donors (Lipinski definition) is 1. The number of hydrogen-bond acceptors (Lipinski definition) is 4. The van der Waals surface area contributed by atoms with Crippen molar-refractivity contribution in [3.8, 4) is 5.88 Å². The monoisotopic (exact) mass is 331 g/mol. The molecule has 2 heterocycles. The van der Waals surface area contributed by atoms with Gasteiger partial charge in [-0.2, -0.15) is 0 Å². The van der Waals surface area contributed by atoms with E-state index in [1.807, 2.05) is 19.1 Å². The van der Waals surface area contributed by atoms with Crippen LogP contribution in [0.2, 0.25) is 0 Å². The fourth-order valence-corrected chi connectivity index (χ4v) is 4.02. The van der Waals surface area contributed by atoms with Gasteiger partial charge in [0.05, 0.1) is 11.3 Å². The molecule has 1 spiro atoms. The summed E-state index contributed by atoms with van der Waals surface area (Å²) in [7, 11) is 3.51. The third-order valence-corrected chi connectivity index (χ3v) is 5.64. The minimum atomic E-state index is -0.0166. The summed E-state index contributed by atoms with van der Waals surface area (Å²) in [5, 5.41) is 3.46. The van der Waals surface area contributed by atoms with Gasteiger partial charge < -0.3 is 15.0 Å². The van der Waals surface area contributed by atoms with Crippen LogP contribution in [0, 0.1) is 12.3 Å². The highest BCUT2D eigenvalue weighted by atomic mass is 16.5. The Labute approximate surface area is 144 Å². The number of amides is 1.